The van der Waals surface area contributed by atoms with Crippen LogP contribution in [0.15, 0.2) is 24.3 Å². The van der Waals surface area contributed by atoms with Crippen molar-refractivity contribution >= 4 is 12.4 Å². The molecule has 1 atom stereocenters. The maximum absolute atomic E-state index is 13.0. The first kappa shape index (κ1) is 14.3. The fourth-order valence-electron chi connectivity index (χ4n) is 1.21. The van der Waals surface area contributed by atoms with Gasteiger partial charge in [0.05, 0.1) is 6.04 Å². The van der Waals surface area contributed by atoms with E-state index in [9.17, 15) is 8.78 Å². The lowest BCUT2D eigenvalue weighted by molar-refractivity contribution is -0.0711. The van der Waals surface area contributed by atoms with Crippen molar-refractivity contribution < 1.29 is 13.9 Å². The van der Waals surface area contributed by atoms with Gasteiger partial charge in [-0.15, -0.1) is 12.4 Å². The van der Waals surface area contributed by atoms with Crippen molar-refractivity contribution in [1.82, 2.24) is 0 Å². The maximum atomic E-state index is 13.0. The minimum absolute atomic E-state index is 0. The van der Waals surface area contributed by atoms with Crippen molar-refractivity contribution in [1.29, 1.82) is 0 Å². The Morgan fingerprint density at radius 2 is 2.07 bits per heavy atom. The largest absolute Gasteiger partial charge is 0.390 e. The lowest BCUT2D eigenvalue weighted by Crippen LogP contribution is -2.36. The molecule has 0 amide bonds. The van der Waals surface area contributed by atoms with Crippen molar-refractivity contribution in [3.05, 3.63) is 35.4 Å². The number of hydrogen-bond acceptors (Lipinski definition) is 2. The number of hydrogen-bond donors (Lipinski definition) is 2. The number of nitrogens with two attached hydrogens (primary N) is 1. The molecule has 0 fully saturated rings. The molecule has 86 valence electrons. The third-order valence-electron chi connectivity index (χ3n) is 2.07. The Morgan fingerprint density at radius 1 is 1.47 bits per heavy atom. The molecule has 0 saturated carbocycles. The summed E-state index contributed by atoms with van der Waals surface area (Å²) in [6.07, 6.45) is 0. The molecule has 15 heavy (non-hydrogen) atoms. The van der Waals surface area contributed by atoms with E-state index in [1.165, 1.54) is 6.07 Å². The van der Waals surface area contributed by atoms with Gasteiger partial charge in [-0.25, -0.2) is 8.78 Å². The average molecular weight is 238 g/mol. The second-order valence-corrected chi connectivity index (χ2v) is 3.31. The zero-order chi connectivity index (χ0) is 10.8. The first-order valence-corrected chi connectivity index (χ1v) is 4.28. The smallest absolute Gasteiger partial charge is 0.289 e. The summed E-state index contributed by atoms with van der Waals surface area (Å²) in [5, 5.41) is 8.47. The maximum Gasteiger partial charge on any atom is 0.289 e. The fraction of sp³-hybridized carbons (Fsp3) is 0.400. The molecule has 1 aromatic carbocycles. The van der Waals surface area contributed by atoms with Gasteiger partial charge in [0.25, 0.3) is 5.92 Å². The van der Waals surface area contributed by atoms with Gasteiger partial charge in [-0.2, -0.15) is 0 Å². The summed E-state index contributed by atoms with van der Waals surface area (Å²) < 4.78 is 26.0. The van der Waals surface area contributed by atoms with Gasteiger partial charge in [0.15, 0.2) is 0 Å². The van der Waals surface area contributed by atoms with Gasteiger partial charge in [0.2, 0.25) is 0 Å². The van der Waals surface area contributed by atoms with Gasteiger partial charge in [-0.05, 0) is 12.5 Å². The van der Waals surface area contributed by atoms with Crippen molar-refractivity contribution in [3.63, 3.8) is 0 Å². The van der Waals surface area contributed by atoms with Crippen molar-refractivity contribution in [3.8, 4) is 0 Å². The van der Waals surface area contributed by atoms with Crippen molar-refractivity contribution in [2.75, 3.05) is 6.61 Å². The molecule has 0 aromatic heterocycles. The Labute approximate surface area is 93.5 Å². The van der Waals surface area contributed by atoms with Crippen LogP contribution in [0.3, 0.4) is 0 Å². The summed E-state index contributed by atoms with van der Waals surface area (Å²) >= 11 is 0. The lowest BCUT2D eigenvalue weighted by Gasteiger charge is -2.21. The molecule has 3 N–H and O–H groups in total. The van der Waals surface area contributed by atoms with Crippen LogP contribution in [0.4, 0.5) is 8.78 Å². The van der Waals surface area contributed by atoms with Crippen LogP contribution >= 0.6 is 12.4 Å². The second kappa shape index (κ2) is 5.39. The van der Waals surface area contributed by atoms with Crippen LogP contribution in [-0.2, 0) is 0 Å². The number of halogens is 3. The van der Waals surface area contributed by atoms with Gasteiger partial charge in [0.1, 0.15) is 6.61 Å². The molecule has 5 heteroatoms. The van der Waals surface area contributed by atoms with Gasteiger partial charge in [-0.1, -0.05) is 29.8 Å². The standard InChI is InChI=1S/C10H13F2NO.ClH/c1-7-3-2-4-8(5-7)9(13)10(11,12)6-14;/h2-5,9,14H,6,13H2,1H3;1H/t9-;/m0./s1. The number of aryl methyl sites for hydroxylation is 1. The van der Waals surface area contributed by atoms with Crippen LogP contribution in [0.5, 0.6) is 0 Å². The molecule has 0 spiro atoms. The van der Waals surface area contributed by atoms with Gasteiger partial charge in [0, 0.05) is 0 Å². The molecule has 0 bridgehead atoms. The molecule has 2 nitrogen and oxygen atoms in total. The van der Waals surface area contributed by atoms with Gasteiger partial charge < -0.3 is 10.8 Å². The highest BCUT2D eigenvalue weighted by Gasteiger charge is 2.37. The quantitative estimate of drug-likeness (QED) is 0.845. The Hall–Kier alpha value is -0.710. The summed E-state index contributed by atoms with van der Waals surface area (Å²) in [6, 6.07) is 5.13. The Bertz CT molecular complexity index is 320. The summed E-state index contributed by atoms with van der Waals surface area (Å²) in [5.41, 5.74) is 6.55. The van der Waals surface area contributed by atoms with Crippen LogP contribution in [-0.4, -0.2) is 17.6 Å². The number of aliphatic hydroxyl groups is 1. The summed E-state index contributed by atoms with van der Waals surface area (Å²) in [6.45, 7) is 0.565. The van der Waals surface area contributed by atoms with E-state index in [-0.39, 0.29) is 12.4 Å². The summed E-state index contributed by atoms with van der Waals surface area (Å²) in [5.74, 6) is -3.27. The molecule has 0 saturated heterocycles. The molecule has 0 unspecified atom stereocenters. The Kier molecular flexibility index (Phi) is 5.14. The third-order valence-corrected chi connectivity index (χ3v) is 2.07. The molecule has 0 aliphatic carbocycles. The number of aliphatic hydroxyl groups excluding tert-OH is 1. The lowest BCUT2D eigenvalue weighted by atomic mass is 10.0. The number of benzene rings is 1. The highest BCUT2D eigenvalue weighted by molar-refractivity contribution is 5.85. The first-order chi connectivity index (χ1) is 6.47. The minimum atomic E-state index is -3.27. The highest BCUT2D eigenvalue weighted by Crippen LogP contribution is 2.28. The second-order valence-electron chi connectivity index (χ2n) is 3.31. The zero-order valence-electron chi connectivity index (χ0n) is 8.28. The van der Waals surface area contributed by atoms with E-state index in [1.807, 2.05) is 0 Å². The molecule has 1 aromatic rings. The highest BCUT2D eigenvalue weighted by atomic mass is 35.5. The molecule has 0 heterocycles. The monoisotopic (exact) mass is 237 g/mol. The molecule has 0 radical (unpaired) electrons. The predicted molar refractivity (Wildman–Crippen MR) is 57.4 cm³/mol. The predicted octanol–water partition coefficient (Wildman–Crippen LogP) is 2.04. The van der Waals surface area contributed by atoms with Crippen LogP contribution in [0.2, 0.25) is 0 Å². The summed E-state index contributed by atoms with van der Waals surface area (Å²) in [4.78, 5) is 0. The van der Waals surface area contributed by atoms with E-state index in [0.29, 0.717) is 5.56 Å². The van der Waals surface area contributed by atoms with Crippen LogP contribution in [0.25, 0.3) is 0 Å². The van der Waals surface area contributed by atoms with E-state index < -0.39 is 18.6 Å². The van der Waals surface area contributed by atoms with E-state index in [0.717, 1.165) is 5.56 Å². The zero-order valence-corrected chi connectivity index (χ0v) is 9.10. The van der Waals surface area contributed by atoms with Gasteiger partial charge in [-0.3, -0.25) is 0 Å². The molecule has 1 rings (SSSR count). The summed E-state index contributed by atoms with van der Waals surface area (Å²) in [7, 11) is 0. The third kappa shape index (κ3) is 3.41. The Balaban J connectivity index is 0.00000196. The van der Waals surface area contributed by atoms with Crippen LogP contribution in [0, 0.1) is 6.92 Å². The minimum Gasteiger partial charge on any atom is -0.390 e. The first-order valence-electron chi connectivity index (χ1n) is 4.28. The number of alkyl halides is 2. The Morgan fingerprint density at radius 3 is 2.53 bits per heavy atom. The topological polar surface area (TPSA) is 46.2 Å². The van der Waals surface area contributed by atoms with E-state index in [1.54, 1.807) is 25.1 Å². The van der Waals surface area contributed by atoms with Crippen LogP contribution in [0.1, 0.15) is 17.2 Å². The SMILES string of the molecule is Cc1cccc([C@H](N)C(F)(F)CO)c1.Cl. The van der Waals surface area contributed by atoms with Crippen molar-refractivity contribution in [2.24, 2.45) is 5.73 Å². The average Bonchev–Trinajstić information content (AvgIpc) is 2.16. The molecule has 0 aliphatic rings. The van der Waals surface area contributed by atoms with E-state index in [4.69, 9.17) is 10.8 Å². The molecule has 0 aliphatic heterocycles. The normalized spacial score (nSPS) is 13.1. The molecular formula is C10H14ClF2NO. The van der Waals surface area contributed by atoms with E-state index in [2.05, 4.69) is 0 Å². The number of rotatable bonds is 3. The van der Waals surface area contributed by atoms with Crippen LogP contribution < -0.4 is 5.73 Å². The van der Waals surface area contributed by atoms with E-state index >= 15 is 0 Å². The van der Waals surface area contributed by atoms with Gasteiger partial charge >= 0.3 is 0 Å². The fourth-order valence-corrected chi connectivity index (χ4v) is 1.21. The molecular weight excluding hydrogens is 224 g/mol. The van der Waals surface area contributed by atoms with Crippen molar-refractivity contribution in [2.45, 2.75) is 18.9 Å².